The largest absolute Gasteiger partial charge is 0.480 e. The summed E-state index contributed by atoms with van der Waals surface area (Å²) in [6.45, 7) is 10.6. The number of carboxylic acid groups (broad SMARTS) is 1. The van der Waals surface area contributed by atoms with E-state index in [4.69, 9.17) is 17.2 Å². The van der Waals surface area contributed by atoms with E-state index in [1.165, 1.54) is 20.8 Å². The predicted molar refractivity (Wildman–Crippen MR) is 312 cm³/mol. The van der Waals surface area contributed by atoms with Crippen molar-refractivity contribution in [3.05, 3.63) is 71.9 Å². The fraction of sp³-hybridized carbons (Fsp3) is 0.536. The number of aliphatic hydroxyl groups excluding tert-OH is 1. The summed E-state index contributed by atoms with van der Waals surface area (Å²) in [5, 5.41) is 42.8. The van der Waals surface area contributed by atoms with E-state index in [1.54, 1.807) is 56.4 Å². The molecule has 0 saturated heterocycles. The number of rotatable bonds is 36. The van der Waals surface area contributed by atoms with Gasteiger partial charge in [0.25, 0.3) is 0 Å². The van der Waals surface area contributed by atoms with Gasteiger partial charge >= 0.3 is 5.97 Å². The summed E-state index contributed by atoms with van der Waals surface area (Å²) in [6.07, 6.45) is 0.263. The molecule has 0 spiro atoms. The van der Waals surface area contributed by atoms with Gasteiger partial charge in [0, 0.05) is 48.5 Å². The number of aromatic nitrogens is 1. The highest BCUT2D eigenvalue weighted by Crippen LogP contribution is 2.20. The summed E-state index contributed by atoms with van der Waals surface area (Å²) in [5.74, 6) is -12.3. The van der Waals surface area contributed by atoms with Gasteiger partial charge in [0.15, 0.2) is 0 Å². The van der Waals surface area contributed by atoms with Crippen LogP contribution in [0.2, 0.25) is 0 Å². The zero-order valence-corrected chi connectivity index (χ0v) is 49.2. The monoisotopic (exact) mass is 1190 g/mol. The van der Waals surface area contributed by atoms with Crippen LogP contribution in [-0.4, -0.2) is 159 Å². The van der Waals surface area contributed by atoms with Gasteiger partial charge in [-0.15, -0.1) is 0 Å². The maximum absolute atomic E-state index is 14.2. The van der Waals surface area contributed by atoms with Crippen molar-refractivity contribution in [3.8, 4) is 0 Å². The van der Waals surface area contributed by atoms with Crippen molar-refractivity contribution in [2.24, 2.45) is 35.0 Å². The van der Waals surface area contributed by atoms with Crippen LogP contribution in [0.1, 0.15) is 98.1 Å². The standard InChI is InChI=1S/C56H83N13O14S/c1-28(2)21-35(57)48(74)64-40(24-33-25-60-36-16-12-11-15-34(33)36)52(78)63-37(17-19-44(58)71)49(75)68-43(27-84)54(80)65-39(23-32-13-9-8-10-14-32)51(77)61-31(7)47(73)62-38(18-20-45(59)72)50(76)69-46(30(5)6)55(81)67-42(26-70)53(79)66-41(56(82)83)22-29(3)4/h8-16,25,28-31,35,37-43,46,60,70,84H,17-24,26-27,57H2,1-7H3,(H2,58,71)(H2,59,72)(H,61,77)(H,62,73)(H,63,78)(H,64,74)(H,65,80)(H,66,79)(H,67,81)(H,68,75)(H,69,76)(H,82,83)/t31-,35-,37-,38-,39-,40-,41-,42-,43-,46-/m0/s1. The molecule has 11 amide bonds. The maximum atomic E-state index is 14.2. The predicted octanol–water partition coefficient (Wildman–Crippen LogP) is -2.05. The molecule has 0 bridgehead atoms. The van der Waals surface area contributed by atoms with E-state index in [0.717, 1.165) is 10.9 Å². The fourth-order valence-electron chi connectivity index (χ4n) is 8.69. The second-order valence-corrected chi connectivity index (χ2v) is 22.1. The minimum Gasteiger partial charge on any atom is -0.480 e. The van der Waals surface area contributed by atoms with E-state index in [-0.39, 0.29) is 49.7 Å². The topological polar surface area (TPSA) is 447 Å². The highest BCUT2D eigenvalue weighted by atomic mass is 32.1. The maximum Gasteiger partial charge on any atom is 0.326 e. The molecule has 1 heterocycles. The molecule has 18 N–H and O–H groups in total. The van der Waals surface area contributed by atoms with E-state index >= 15 is 0 Å². The van der Waals surface area contributed by atoms with Gasteiger partial charge in [-0.05, 0) is 67.6 Å². The zero-order valence-electron chi connectivity index (χ0n) is 48.3. The van der Waals surface area contributed by atoms with Crippen LogP contribution in [0.5, 0.6) is 0 Å². The first-order chi connectivity index (χ1) is 39.5. The molecular weight excluding hydrogens is 1110 g/mol. The molecule has 28 heteroatoms. The number of benzene rings is 2. The summed E-state index contributed by atoms with van der Waals surface area (Å²) in [5.41, 5.74) is 19.0. The van der Waals surface area contributed by atoms with Crippen molar-refractivity contribution in [1.82, 2.24) is 52.8 Å². The van der Waals surface area contributed by atoms with Gasteiger partial charge in [0.2, 0.25) is 65.0 Å². The minimum atomic E-state index is -1.63. The number of H-pyrrole nitrogens is 1. The number of aromatic amines is 1. The quantitative estimate of drug-likeness (QED) is 0.0279. The van der Waals surface area contributed by atoms with Crippen LogP contribution >= 0.6 is 12.6 Å². The Morgan fingerprint density at radius 1 is 0.512 bits per heavy atom. The Labute approximate surface area is 492 Å². The molecule has 1 aromatic heterocycles. The number of primary amides is 2. The lowest BCUT2D eigenvalue weighted by Crippen LogP contribution is -2.61. The third-order valence-corrected chi connectivity index (χ3v) is 13.7. The van der Waals surface area contributed by atoms with Crippen LogP contribution in [0.15, 0.2) is 60.8 Å². The van der Waals surface area contributed by atoms with Crippen LogP contribution in [0, 0.1) is 17.8 Å². The van der Waals surface area contributed by atoms with Gasteiger partial charge in [-0.25, -0.2) is 4.79 Å². The zero-order chi connectivity index (χ0) is 63.0. The van der Waals surface area contributed by atoms with Crippen molar-refractivity contribution in [3.63, 3.8) is 0 Å². The minimum absolute atomic E-state index is 0.0407. The summed E-state index contributed by atoms with van der Waals surface area (Å²) in [4.78, 5) is 163. The SMILES string of the molecule is CC(C)C[C@H](NC(=O)[C@H](CO)NC(=O)[C@@H](NC(=O)[C@H](CCC(N)=O)NC(=O)[C@H](C)NC(=O)[C@H](Cc1ccccc1)NC(=O)[C@H](CS)NC(=O)[C@H](CCC(N)=O)NC(=O)[C@H](Cc1c[nH]c2ccccc12)NC(=O)[C@@H](N)CC(C)C)C(C)C)C(=O)O. The molecule has 3 aromatic rings. The molecule has 10 atom stereocenters. The first kappa shape index (κ1) is 70.2. The molecule has 27 nitrogen and oxygen atoms in total. The number of carbonyl (C=O) groups excluding carboxylic acids is 11. The first-order valence-electron chi connectivity index (χ1n) is 27.6. The number of thiol groups is 1. The number of aliphatic hydroxyl groups is 1. The lowest BCUT2D eigenvalue weighted by atomic mass is 10.0. The Balaban J connectivity index is 1.83. The molecule has 3 rings (SSSR count). The van der Waals surface area contributed by atoms with Crippen LogP contribution in [0.3, 0.4) is 0 Å². The average Bonchev–Trinajstić information content (AvgIpc) is 3.84. The molecule has 0 aliphatic rings. The molecule has 0 fully saturated rings. The number of nitrogens with one attached hydrogen (secondary N) is 10. The number of para-hydroxylation sites is 1. The molecule has 0 aliphatic heterocycles. The molecule has 0 saturated carbocycles. The Hall–Kier alpha value is -8.11. The summed E-state index contributed by atoms with van der Waals surface area (Å²) >= 11 is 4.29. The number of nitrogens with two attached hydrogens (primary N) is 3. The number of amides is 11. The van der Waals surface area contributed by atoms with E-state index < -0.39 is 157 Å². The molecule has 0 radical (unpaired) electrons. The Kier molecular flexibility index (Phi) is 28.8. The normalized spacial score (nSPS) is 14.9. The van der Waals surface area contributed by atoms with Gasteiger partial charge in [0.1, 0.15) is 54.4 Å². The lowest BCUT2D eigenvalue weighted by molar-refractivity contribution is -0.143. The third kappa shape index (κ3) is 23.3. The Morgan fingerprint density at radius 2 is 0.964 bits per heavy atom. The second-order valence-electron chi connectivity index (χ2n) is 21.7. The van der Waals surface area contributed by atoms with Crippen molar-refractivity contribution in [2.45, 2.75) is 160 Å². The van der Waals surface area contributed by atoms with E-state index in [1.807, 2.05) is 32.0 Å². The molecule has 0 aliphatic carbocycles. The summed E-state index contributed by atoms with van der Waals surface area (Å²) in [6, 6.07) is 1.52. The summed E-state index contributed by atoms with van der Waals surface area (Å²) < 4.78 is 0. The van der Waals surface area contributed by atoms with Gasteiger partial charge < -0.3 is 80.2 Å². The molecule has 84 heavy (non-hydrogen) atoms. The number of carboxylic acids is 1. The Morgan fingerprint density at radius 3 is 1.51 bits per heavy atom. The highest BCUT2D eigenvalue weighted by molar-refractivity contribution is 7.80. The molecule has 462 valence electrons. The average molecular weight is 1190 g/mol. The van der Waals surface area contributed by atoms with Crippen molar-refractivity contribution in [2.75, 3.05) is 12.4 Å². The van der Waals surface area contributed by atoms with E-state index in [0.29, 0.717) is 17.5 Å². The smallest absolute Gasteiger partial charge is 0.326 e. The number of carbonyl (C=O) groups is 12. The third-order valence-electron chi connectivity index (χ3n) is 13.3. The fourth-order valence-corrected chi connectivity index (χ4v) is 8.95. The van der Waals surface area contributed by atoms with Gasteiger partial charge in [0.05, 0.1) is 12.6 Å². The first-order valence-corrected chi connectivity index (χ1v) is 28.3. The van der Waals surface area contributed by atoms with Crippen LogP contribution < -0.4 is 65.1 Å². The van der Waals surface area contributed by atoms with Crippen molar-refractivity contribution in [1.29, 1.82) is 0 Å². The Bertz CT molecular complexity index is 2780. The number of hydrogen-bond donors (Lipinski definition) is 16. The number of fused-ring (bicyclic) bond motifs is 1. The van der Waals surface area contributed by atoms with Crippen molar-refractivity contribution >= 4 is 94.5 Å². The van der Waals surface area contributed by atoms with Gasteiger partial charge in [-0.3, -0.25) is 52.7 Å². The van der Waals surface area contributed by atoms with E-state index in [9.17, 15) is 67.7 Å². The highest BCUT2D eigenvalue weighted by Gasteiger charge is 2.36. The van der Waals surface area contributed by atoms with Crippen LogP contribution in [0.4, 0.5) is 0 Å². The molecule has 2 aromatic carbocycles. The molecular formula is C56H83N13O14S. The number of hydrogen-bond acceptors (Lipinski definition) is 15. The van der Waals surface area contributed by atoms with Crippen molar-refractivity contribution < 1.29 is 67.7 Å². The van der Waals surface area contributed by atoms with Gasteiger partial charge in [-0.2, -0.15) is 12.6 Å². The molecule has 0 unspecified atom stereocenters. The number of aliphatic carboxylic acids is 1. The summed E-state index contributed by atoms with van der Waals surface area (Å²) in [7, 11) is 0. The lowest BCUT2D eigenvalue weighted by Gasteiger charge is -2.28. The van der Waals surface area contributed by atoms with Crippen LogP contribution in [0.25, 0.3) is 10.9 Å². The van der Waals surface area contributed by atoms with E-state index in [2.05, 4.69) is 65.5 Å². The second kappa shape index (κ2) is 34.5. The van der Waals surface area contributed by atoms with Crippen LogP contribution in [-0.2, 0) is 70.4 Å². The van der Waals surface area contributed by atoms with Gasteiger partial charge in [-0.1, -0.05) is 90.1 Å².